The van der Waals surface area contributed by atoms with Crippen molar-refractivity contribution in [1.29, 1.82) is 0 Å². The minimum absolute atomic E-state index is 0.182. The van der Waals surface area contributed by atoms with E-state index in [2.05, 4.69) is 42.2 Å². The highest BCUT2D eigenvalue weighted by atomic mass is 15.0. The van der Waals surface area contributed by atoms with Crippen LogP contribution in [-0.4, -0.2) is 36.6 Å². The van der Waals surface area contributed by atoms with Gasteiger partial charge in [0.2, 0.25) is 0 Å². The zero-order chi connectivity index (χ0) is 13.0. The standard InChI is InChI=1S/C15H21N3/c1-18(2)10-9-13(16)11-14-8-7-12-5-3-4-6-15(12)17-14/h3-8,13H,9-11,16H2,1-2H3. The van der Waals surface area contributed by atoms with Crippen LogP contribution in [0.15, 0.2) is 36.4 Å². The van der Waals surface area contributed by atoms with Crippen LogP contribution >= 0.6 is 0 Å². The molecule has 2 N–H and O–H groups in total. The van der Waals surface area contributed by atoms with Gasteiger partial charge in [0.05, 0.1) is 5.52 Å². The van der Waals surface area contributed by atoms with Crippen LogP contribution in [0.25, 0.3) is 10.9 Å². The van der Waals surface area contributed by atoms with Gasteiger partial charge in [0.15, 0.2) is 0 Å². The minimum atomic E-state index is 0.182. The van der Waals surface area contributed by atoms with E-state index in [1.54, 1.807) is 0 Å². The number of fused-ring (bicyclic) bond motifs is 1. The SMILES string of the molecule is CN(C)CCC(N)Cc1ccc2ccccc2n1. The molecule has 3 heteroatoms. The molecule has 1 unspecified atom stereocenters. The molecule has 2 rings (SSSR count). The van der Waals surface area contributed by atoms with Gasteiger partial charge in [0, 0.05) is 23.5 Å². The molecule has 96 valence electrons. The lowest BCUT2D eigenvalue weighted by Gasteiger charge is -2.15. The Hall–Kier alpha value is -1.45. The summed E-state index contributed by atoms with van der Waals surface area (Å²) in [6.45, 7) is 1.02. The molecule has 1 heterocycles. The van der Waals surface area contributed by atoms with Crippen molar-refractivity contribution in [3.05, 3.63) is 42.1 Å². The smallest absolute Gasteiger partial charge is 0.0705 e. The van der Waals surface area contributed by atoms with E-state index in [0.29, 0.717) is 0 Å². The number of rotatable bonds is 5. The molecule has 0 amide bonds. The van der Waals surface area contributed by atoms with Gasteiger partial charge in [-0.2, -0.15) is 0 Å². The number of nitrogens with zero attached hydrogens (tertiary/aromatic N) is 2. The average Bonchev–Trinajstić information content (AvgIpc) is 2.36. The fourth-order valence-electron chi connectivity index (χ4n) is 2.02. The average molecular weight is 243 g/mol. The molecule has 3 nitrogen and oxygen atoms in total. The first-order valence-corrected chi connectivity index (χ1v) is 6.40. The third kappa shape index (κ3) is 3.52. The van der Waals surface area contributed by atoms with Gasteiger partial charge >= 0.3 is 0 Å². The van der Waals surface area contributed by atoms with E-state index in [9.17, 15) is 0 Å². The Bertz CT molecular complexity index is 508. The van der Waals surface area contributed by atoms with Crippen LogP contribution in [0.1, 0.15) is 12.1 Å². The van der Waals surface area contributed by atoms with Crippen LogP contribution in [0.3, 0.4) is 0 Å². The minimum Gasteiger partial charge on any atom is -0.327 e. The number of nitrogens with two attached hydrogens (primary N) is 1. The highest BCUT2D eigenvalue weighted by Crippen LogP contribution is 2.13. The summed E-state index contributed by atoms with van der Waals surface area (Å²) in [6, 6.07) is 12.6. The highest BCUT2D eigenvalue weighted by Gasteiger charge is 2.06. The zero-order valence-electron chi connectivity index (χ0n) is 11.1. The van der Waals surface area contributed by atoms with E-state index in [-0.39, 0.29) is 6.04 Å². The predicted octanol–water partition coefficient (Wildman–Crippen LogP) is 2.06. The van der Waals surface area contributed by atoms with Crippen molar-refractivity contribution < 1.29 is 0 Å². The van der Waals surface area contributed by atoms with Crippen molar-refractivity contribution in [1.82, 2.24) is 9.88 Å². The second kappa shape index (κ2) is 5.94. The van der Waals surface area contributed by atoms with E-state index < -0.39 is 0 Å². The van der Waals surface area contributed by atoms with Gasteiger partial charge in [0.1, 0.15) is 0 Å². The van der Waals surface area contributed by atoms with Gasteiger partial charge < -0.3 is 10.6 Å². The third-order valence-electron chi connectivity index (χ3n) is 3.07. The Labute approximate surface area is 109 Å². The molecule has 0 aliphatic rings. The van der Waals surface area contributed by atoms with Gasteiger partial charge in [-0.05, 0) is 39.2 Å². The van der Waals surface area contributed by atoms with Crippen molar-refractivity contribution in [2.75, 3.05) is 20.6 Å². The molecule has 0 fully saturated rings. The van der Waals surface area contributed by atoms with Crippen LogP contribution in [0.5, 0.6) is 0 Å². The maximum Gasteiger partial charge on any atom is 0.0705 e. The maximum atomic E-state index is 6.13. The van der Waals surface area contributed by atoms with Crippen molar-refractivity contribution in [2.24, 2.45) is 5.73 Å². The number of hydrogen-bond donors (Lipinski definition) is 1. The third-order valence-corrected chi connectivity index (χ3v) is 3.07. The molecular weight excluding hydrogens is 222 g/mol. The van der Waals surface area contributed by atoms with Crippen LogP contribution in [0.2, 0.25) is 0 Å². The summed E-state index contributed by atoms with van der Waals surface area (Å²) >= 11 is 0. The Morgan fingerprint density at radius 3 is 2.72 bits per heavy atom. The quantitative estimate of drug-likeness (QED) is 0.874. The van der Waals surface area contributed by atoms with E-state index in [1.807, 2.05) is 18.2 Å². The molecule has 0 radical (unpaired) electrons. The summed E-state index contributed by atoms with van der Waals surface area (Å²) in [4.78, 5) is 6.81. The van der Waals surface area contributed by atoms with Gasteiger partial charge in [-0.15, -0.1) is 0 Å². The molecule has 0 bridgehead atoms. The lowest BCUT2D eigenvalue weighted by molar-refractivity contribution is 0.379. The summed E-state index contributed by atoms with van der Waals surface area (Å²) in [7, 11) is 4.14. The van der Waals surface area contributed by atoms with Crippen LogP contribution in [-0.2, 0) is 6.42 Å². The zero-order valence-corrected chi connectivity index (χ0v) is 11.1. The van der Waals surface area contributed by atoms with Crippen molar-refractivity contribution in [3.8, 4) is 0 Å². The molecule has 0 saturated carbocycles. The first kappa shape index (κ1) is 13.0. The summed E-state index contributed by atoms with van der Waals surface area (Å²) in [6.07, 6.45) is 1.85. The molecule has 0 aliphatic carbocycles. The largest absolute Gasteiger partial charge is 0.327 e. The normalized spacial score (nSPS) is 13.1. The fourth-order valence-corrected chi connectivity index (χ4v) is 2.02. The van der Waals surface area contributed by atoms with Gasteiger partial charge in [0.25, 0.3) is 0 Å². The monoisotopic (exact) mass is 243 g/mol. The Morgan fingerprint density at radius 2 is 1.94 bits per heavy atom. The molecular formula is C15H21N3. The second-order valence-electron chi connectivity index (χ2n) is 5.05. The second-order valence-corrected chi connectivity index (χ2v) is 5.05. The highest BCUT2D eigenvalue weighted by molar-refractivity contribution is 5.78. The number of para-hydroxylation sites is 1. The van der Waals surface area contributed by atoms with E-state index >= 15 is 0 Å². The molecule has 0 aliphatic heterocycles. The van der Waals surface area contributed by atoms with Crippen LogP contribution < -0.4 is 5.73 Å². The fraction of sp³-hybridized carbons (Fsp3) is 0.400. The lowest BCUT2D eigenvalue weighted by atomic mass is 10.1. The summed E-state index contributed by atoms with van der Waals surface area (Å²) in [5.74, 6) is 0. The number of pyridine rings is 1. The number of hydrogen-bond acceptors (Lipinski definition) is 3. The predicted molar refractivity (Wildman–Crippen MR) is 76.6 cm³/mol. The first-order chi connectivity index (χ1) is 8.65. The molecule has 0 saturated heterocycles. The van der Waals surface area contributed by atoms with Crippen molar-refractivity contribution in [3.63, 3.8) is 0 Å². The number of benzene rings is 1. The topological polar surface area (TPSA) is 42.1 Å². The maximum absolute atomic E-state index is 6.13. The Balaban J connectivity index is 2.03. The first-order valence-electron chi connectivity index (χ1n) is 6.40. The number of aromatic nitrogens is 1. The molecule has 0 spiro atoms. The van der Waals surface area contributed by atoms with E-state index in [1.165, 1.54) is 5.39 Å². The van der Waals surface area contributed by atoms with Gasteiger partial charge in [-0.3, -0.25) is 4.98 Å². The lowest BCUT2D eigenvalue weighted by Crippen LogP contribution is -2.28. The van der Waals surface area contributed by atoms with Gasteiger partial charge in [-0.1, -0.05) is 24.3 Å². The van der Waals surface area contributed by atoms with Crippen molar-refractivity contribution >= 4 is 10.9 Å². The molecule has 1 aromatic carbocycles. The van der Waals surface area contributed by atoms with Gasteiger partial charge in [-0.25, -0.2) is 0 Å². The Morgan fingerprint density at radius 1 is 1.17 bits per heavy atom. The molecule has 1 aromatic heterocycles. The summed E-state index contributed by atoms with van der Waals surface area (Å²) < 4.78 is 0. The molecule has 1 atom stereocenters. The summed E-state index contributed by atoms with van der Waals surface area (Å²) in [5.41, 5.74) is 8.27. The van der Waals surface area contributed by atoms with Crippen LogP contribution in [0, 0.1) is 0 Å². The van der Waals surface area contributed by atoms with Crippen LogP contribution in [0.4, 0.5) is 0 Å². The molecule has 2 aromatic rings. The van der Waals surface area contributed by atoms with Crippen molar-refractivity contribution in [2.45, 2.75) is 18.9 Å². The van der Waals surface area contributed by atoms with E-state index in [4.69, 9.17) is 5.73 Å². The Kier molecular flexibility index (Phi) is 4.28. The van der Waals surface area contributed by atoms with E-state index in [0.717, 1.165) is 30.6 Å². The summed E-state index contributed by atoms with van der Waals surface area (Å²) in [5, 5.41) is 1.18. The molecule has 18 heavy (non-hydrogen) atoms.